The van der Waals surface area contributed by atoms with Crippen molar-refractivity contribution >= 4 is 22.7 Å². The molecule has 1 N–H and O–H groups in total. The van der Waals surface area contributed by atoms with E-state index in [0.29, 0.717) is 12.1 Å². The summed E-state index contributed by atoms with van der Waals surface area (Å²) < 4.78 is 0. The number of oxime groups is 1. The summed E-state index contributed by atoms with van der Waals surface area (Å²) in [5, 5.41) is 13.3. The smallest absolute Gasteiger partial charge is 0.0927 e. The Hall–Kier alpha value is -2.16. The van der Waals surface area contributed by atoms with Crippen molar-refractivity contribution < 1.29 is 5.21 Å². The molecule has 0 amide bonds. The zero-order valence-electron chi connectivity index (χ0n) is 8.59. The maximum absolute atomic E-state index is 8.94. The molecule has 0 radical (unpaired) electrons. The number of allylic oxidation sites excluding steroid dienone is 1. The van der Waals surface area contributed by atoms with Crippen molar-refractivity contribution in [1.29, 1.82) is 0 Å². The van der Waals surface area contributed by atoms with Gasteiger partial charge in [-0.3, -0.25) is 0 Å². The van der Waals surface area contributed by atoms with Gasteiger partial charge in [0.15, 0.2) is 0 Å². The number of hydrogen-bond donors (Lipinski definition) is 1. The maximum atomic E-state index is 8.94. The van der Waals surface area contributed by atoms with E-state index >= 15 is 0 Å². The predicted molar refractivity (Wildman–Crippen MR) is 63.7 cm³/mol. The molecule has 16 heavy (non-hydrogen) atoms. The SMILES string of the molecule is ON=C1CC=Cc2nc3ccccc3cc21. The average Bonchev–Trinajstić information content (AvgIpc) is 2.35. The van der Waals surface area contributed by atoms with E-state index in [4.69, 9.17) is 5.21 Å². The van der Waals surface area contributed by atoms with Crippen molar-refractivity contribution in [3.8, 4) is 0 Å². The first-order valence-corrected chi connectivity index (χ1v) is 5.16. The topological polar surface area (TPSA) is 45.5 Å². The van der Waals surface area contributed by atoms with E-state index in [-0.39, 0.29) is 0 Å². The number of aromatic nitrogens is 1. The summed E-state index contributed by atoms with van der Waals surface area (Å²) in [7, 11) is 0. The third kappa shape index (κ3) is 1.29. The van der Waals surface area contributed by atoms with Crippen molar-refractivity contribution in [3.05, 3.63) is 47.7 Å². The fraction of sp³-hybridized carbons (Fsp3) is 0.0769. The summed E-state index contributed by atoms with van der Waals surface area (Å²) in [5.74, 6) is 0. The van der Waals surface area contributed by atoms with Gasteiger partial charge in [-0.05, 0) is 18.2 Å². The van der Waals surface area contributed by atoms with Crippen LogP contribution in [0.2, 0.25) is 0 Å². The lowest BCUT2D eigenvalue weighted by molar-refractivity contribution is 0.318. The highest BCUT2D eigenvalue weighted by molar-refractivity contribution is 6.07. The highest BCUT2D eigenvalue weighted by atomic mass is 16.4. The number of pyridine rings is 1. The second-order valence-corrected chi connectivity index (χ2v) is 3.77. The third-order valence-electron chi connectivity index (χ3n) is 2.77. The zero-order valence-corrected chi connectivity index (χ0v) is 8.59. The summed E-state index contributed by atoms with van der Waals surface area (Å²) in [4.78, 5) is 4.54. The monoisotopic (exact) mass is 210 g/mol. The summed E-state index contributed by atoms with van der Waals surface area (Å²) in [6.07, 6.45) is 4.58. The fourth-order valence-electron chi connectivity index (χ4n) is 1.98. The van der Waals surface area contributed by atoms with E-state index in [2.05, 4.69) is 10.1 Å². The number of rotatable bonds is 0. The molecule has 0 aliphatic heterocycles. The van der Waals surface area contributed by atoms with Crippen LogP contribution < -0.4 is 0 Å². The fourth-order valence-corrected chi connectivity index (χ4v) is 1.98. The minimum Gasteiger partial charge on any atom is -0.411 e. The standard InChI is InChI=1S/C13H10N2O/c16-15-13-7-3-6-12-10(13)8-9-4-1-2-5-11(9)14-12/h1-6,8,16H,7H2. The predicted octanol–water partition coefficient (Wildman–Crippen LogP) is 2.83. The van der Waals surface area contributed by atoms with E-state index in [1.54, 1.807) is 0 Å². The molecule has 2 aromatic rings. The summed E-state index contributed by atoms with van der Waals surface area (Å²) in [6.45, 7) is 0. The number of nitrogens with zero attached hydrogens (tertiary/aromatic N) is 2. The molecular formula is C13H10N2O. The molecule has 1 aliphatic rings. The van der Waals surface area contributed by atoms with Crippen LogP contribution in [0.5, 0.6) is 0 Å². The van der Waals surface area contributed by atoms with Gasteiger partial charge in [-0.1, -0.05) is 29.4 Å². The molecule has 0 fully saturated rings. The Labute approximate surface area is 92.7 Å². The van der Waals surface area contributed by atoms with Gasteiger partial charge < -0.3 is 5.21 Å². The van der Waals surface area contributed by atoms with E-state index < -0.39 is 0 Å². The first-order valence-electron chi connectivity index (χ1n) is 5.16. The Morgan fingerprint density at radius 2 is 2.12 bits per heavy atom. The van der Waals surface area contributed by atoms with Crippen molar-refractivity contribution in [3.63, 3.8) is 0 Å². The molecule has 0 unspecified atom stereocenters. The molecule has 0 atom stereocenters. The van der Waals surface area contributed by atoms with Crippen LogP contribution in [0.1, 0.15) is 17.7 Å². The number of fused-ring (bicyclic) bond motifs is 2. The molecule has 1 aromatic carbocycles. The van der Waals surface area contributed by atoms with Crippen LogP contribution in [0.15, 0.2) is 41.6 Å². The average molecular weight is 210 g/mol. The van der Waals surface area contributed by atoms with E-state index in [1.165, 1.54) is 0 Å². The molecule has 3 heteroatoms. The van der Waals surface area contributed by atoms with Crippen LogP contribution in [-0.2, 0) is 0 Å². The highest BCUT2D eigenvalue weighted by Gasteiger charge is 2.13. The molecule has 1 aromatic heterocycles. The van der Waals surface area contributed by atoms with Crippen LogP contribution in [0.4, 0.5) is 0 Å². The summed E-state index contributed by atoms with van der Waals surface area (Å²) in [6, 6.07) is 9.96. The third-order valence-corrected chi connectivity index (χ3v) is 2.77. The number of para-hydroxylation sites is 1. The Bertz CT molecular complexity index is 614. The first-order chi connectivity index (χ1) is 7.88. The summed E-state index contributed by atoms with van der Waals surface area (Å²) in [5.41, 5.74) is 3.43. The van der Waals surface area contributed by atoms with E-state index in [9.17, 15) is 0 Å². The lowest BCUT2D eigenvalue weighted by Crippen LogP contribution is -2.07. The van der Waals surface area contributed by atoms with Gasteiger partial charge in [-0.2, -0.15) is 0 Å². The van der Waals surface area contributed by atoms with Crippen molar-refractivity contribution in [2.24, 2.45) is 5.16 Å². The Morgan fingerprint density at radius 3 is 3.00 bits per heavy atom. The van der Waals surface area contributed by atoms with Crippen molar-refractivity contribution in [2.45, 2.75) is 6.42 Å². The Kier molecular flexibility index (Phi) is 1.96. The second-order valence-electron chi connectivity index (χ2n) is 3.77. The largest absolute Gasteiger partial charge is 0.411 e. The van der Waals surface area contributed by atoms with Gasteiger partial charge in [-0.25, -0.2) is 4.98 Å². The van der Waals surface area contributed by atoms with Gasteiger partial charge in [-0.15, -0.1) is 0 Å². The highest BCUT2D eigenvalue weighted by Crippen LogP contribution is 2.22. The molecule has 0 spiro atoms. The van der Waals surface area contributed by atoms with Crippen LogP contribution in [0, 0.1) is 0 Å². The lowest BCUT2D eigenvalue weighted by atomic mass is 9.98. The van der Waals surface area contributed by atoms with Crippen LogP contribution in [0.25, 0.3) is 17.0 Å². The molecule has 1 aliphatic carbocycles. The second kappa shape index (κ2) is 3.45. The summed E-state index contributed by atoms with van der Waals surface area (Å²) >= 11 is 0. The minimum absolute atomic E-state index is 0.656. The normalized spacial score (nSPS) is 16.6. The van der Waals surface area contributed by atoms with Crippen molar-refractivity contribution in [2.75, 3.05) is 0 Å². The van der Waals surface area contributed by atoms with Crippen LogP contribution >= 0.6 is 0 Å². The van der Waals surface area contributed by atoms with E-state index in [1.807, 2.05) is 42.5 Å². The van der Waals surface area contributed by atoms with Gasteiger partial charge >= 0.3 is 0 Å². The van der Waals surface area contributed by atoms with Gasteiger partial charge in [0.25, 0.3) is 0 Å². The Morgan fingerprint density at radius 1 is 1.25 bits per heavy atom. The van der Waals surface area contributed by atoms with Crippen LogP contribution in [-0.4, -0.2) is 15.9 Å². The molecule has 0 saturated heterocycles. The molecule has 0 bridgehead atoms. The van der Waals surface area contributed by atoms with E-state index in [0.717, 1.165) is 22.2 Å². The molecule has 3 rings (SSSR count). The minimum atomic E-state index is 0.656. The quantitative estimate of drug-likeness (QED) is 0.536. The van der Waals surface area contributed by atoms with Gasteiger partial charge in [0.2, 0.25) is 0 Å². The maximum Gasteiger partial charge on any atom is 0.0927 e. The molecule has 0 saturated carbocycles. The number of benzene rings is 1. The Balaban J connectivity index is 2.35. The zero-order chi connectivity index (χ0) is 11.0. The van der Waals surface area contributed by atoms with Gasteiger partial charge in [0, 0.05) is 17.4 Å². The lowest BCUT2D eigenvalue weighted by Gasteiger charge is -2.11. The molecular weight excluding hydrogens is 200 g/mol. The first kappa shape index (κ1) is 9.09. The van der Waals surface area contributed by atoms with Gasteiger partial charge in [0.1, 0.15) is 0 Å². The molecule has 1 heterocycles. The molecule has 78 valence electrons. The van der Waals surface area contributed by atoms with Crippen LogP contribution in [0.3, 0.4) is 0 Å². The van der Waals surface area contributed by atoms with Crippen molar-refractivity contribution in [1.82, 2.24) is 4.98 Å². The molecule has 3 nitrogen and oxygen atoms in total. The van der Waals surface area contributed by atoms with Gasteiger partial charge in [0.05, 0.1) is 16.9 Å². The number of hydrogen-bond acceptors (Lipinski definition) is 3.